The molecule has 2 unspecified atom stereocenters. The van der Waals surface area contributed by atoms with Crippen molar-refractivity contribution in [2.75, 3.05) is 13.2 Å². The van der Waals surface area contributed by atoms with Gasteiger partial charge in [-0.15, -0.1) is 0 Å². The fraction of sp³-hybridized carbons (Fsp3) is 0.242. The largest absolute Gasteiger partial charge is 0.463 e. The smallest absolute Gasteiger partial charge is 0.330 e. The van der Waals surface area contributed by atoms with Crippen LogP contribution in [0.25, 0.3) is 98.0 Å². The molecule has 2 atom stereocenters. The van der Waals surface area contributed by atoms with E-state index in [0.717, 1.165) is 46.2 Å². The summed E-state index contributed by atoms with van der Waals surface area (Å²) in [5, 5.41) is 15.1. The number of hydrogen-bond acceptors (Lipinski definition) is 4. The zero-order valence-electron chi connectivity index (χ0n) is 41.3. The number of carbonyl (C=O) groups excluding carboxylic acids is 2. The minimum atomic E-state index is -0.703. The fourth-order valence-electron chi connectivity index (χ4n) is 11.9. The summed E-state index contributed by atoms with van der Waals surface area (Å²) < 4.78 is 11.7. The van der Waals surface area contributed by atoms with Gasteiger partial charge in [-0.2, -0.15) is 0 Å². The summed E-state index contributed by atoms with van der Waals surface area (Å²) in [7, 11) is 0. The fourth-order valence-corrected chi connectivity index (χ4v) is 11.9. The molecule has 0 bridgehead atoms. The second-order valence-corrected chi connectivity index (χ2v) is 21.6. The van der Waals surface area contributed by atoms with Gasteiger partial charge in [-0.05, 0) is 175 Å². The second-order valence-electron chi connectivity index (χ2n) is 21.6. The van der Waals surface area contributed by atoms with Crippen LogP contribution < -0.4 is 0 Å². The van der Waals surface area contributed by atoms with Gasteiger partial charge in [0.15, 0.2) is 0 Å². The van der Waals surface area contributed by atoms with E-state index < -0.39 is 17.4 Å². The molecule has 0 spiro atoms. The molecule has 10 aromatic carbocycles. The maximum absolute atomic E-state index is 13.3. The lowest BCUT2D eigenvalue weighted by molar-refractivity contribution is -0.139. The van der Waals surface area contributed by atoms with Crippen molar-refractivity contribution in [3.05, 3.63) is 181 Å². The third-order valence-corrected chi connectivity index (χ3v) is 15.5. The number of esters is 2. The first-order chi connectivity index (χ1) is 33.7. The molecule has 348 valence electrons. The van der Waals surface area contributed by atoms with Crippen molar-refractivity contribution in [2.24, 2.45) is 11.8 Å². The first-order valence-corrected chi connectivity index (χ1v) is 25.1. The van der Waals surface area contributed by atoms with Crippen LogP contribution in [0.5, 0.6) is 0 Å². The Morgan fingerprint density at radius 1 is 0.543 bits per heavy atom. The quantitative estimate of drug-likeness (QED) is 0.0619. The molecule has 4 heteroatoms. The first-order valence-electron chi connectivity index (χ1n) is 25.1. The van der Waals surface area contributed by atoms with Gasteiger partial charge in [-0.25, -0.2) is 9.59 Å². The van der Waals surface area contributed by atoms with Gasteiger partial charge in [0.1, 0.15) is 6.61 Å². The summed E-state index contributed by atoms with van der Waals surface area (Å²) in [5.74, 6) is -0.0815. The molecule has 1 aliphatic carbocycles. The molecular formula is C66H60O4. The highest BCUT2D eigenvalue weighted by Gasteiger charge is 2.45. The van der Waals surface area contributed by atoms with Crippen LogP contribution in [0.4, 0.5) is 0 Å². The van der Waals surface area contributed by atoms with E-state index in [-0.39, 0.29) is 17.9 Å². The molecule has 0 aromatic heterocycles. The summed E-state index contributed by atoms with van der Waals surface area (Å²) in [6.07, 6.45) is 5.72. The lowest BCUT2D eigenvalue weighted by Gasteiger charge is -2.33. The lowest BCUT2D eigenvalue weighted by Crippen LogP contribution is -2.33. The average Bonchev–Trinajstić information content (AvgIpc) is 3.62. The van der Waals surface area contributed by atoms with E-state index in [9.17, 15) is 9.59 Å². The van der Waals surface area contributed by atoms with Gasteiger partial charge in [0.25, 0.3) is 0 Å². The van der Waals surface area contributed by atoms with Gasteiger partial charge >= 0.3 is 11.9 Å². The molecule has 4 nitrogen and oxygen atoms in total. The second kappa shape index (κ2) is 17.3. The molecule has 0 radical (unpaired) electrons. The third kappa shape index (κ3) is 7.60. The Hall–Kier alpha value is -7.30. The zero-order chi connectivity index (χ0) is 48.6. The molecule has 0 saturated heterocycles. The predicted octanol–water partition coefficient (Wildman–Crippen LogP) is 16.8. The number of ether oxygens (including phenoxy) is 2. The van der Waals surface area contributed by atoms with Crippen molar-refractivity contribution >= 4 is 76.6 Å². The van der Waals surface area contributed by atoms with Crippen LogP contribution in [0.1, 0.15) is 83.1 Å². The maximum atomic E-state index is 13.3. The molecule has 11 rings (SSSR count). The van der Waals surface area contributed by atoms with Crippen molar-refractivity contribution in [2.45, 2.75) is 78.1 Å². The van der Waals surface area contributed by atoms with Gasteiger partial charge in [0, 0.05) is 12.2 Å². The number of rotatable bonds is 14. The maximum Gasteiger partial charge on any atom is 0.330 e. The summed E-state index contributed by atoms with van der Waals surface area (Å²) in [6, 6.07) is 50.8. The molecule has 70 heavy (non-hydrogen) atoms. The summed E-state index contributed by atoms with van der Waals surface area (Å²) >= 11 is 0. The van der Waals surface area contributed by atoms with Crippen molar-refractivity contribution in [1.29, 1.82) is 0 Å². The Kier molecular flexibility index (Phi) is 11.1. The highest BCUT2D eigenvalue weighted by molar-refractivity contribution is 6.27. The topological polar surface area (TPSA) is 52.6 Å². The number of carbonyl (C=O) groups is 2. The normalized spacial score (nSPS) is 15.1. The summed E-state index contributed by atoms with van der Waals surface area (Å²) in [6.45, 7) is 21.4. The van der Waals surface area contributed by atoms with E-state index in [2.05, 4.69) is 188 Å². The molecule has 0 fully saturated rings. The van der Waals surface area contributed by atoms with Crippen molar-refractivity contribution in [3.63, 3.8) is 0 Å². The number of fused-ring (bicyclic) bond motifs is 3. The zero-order valence-corrected chi connectivity index (χ0v) is 41.3. The first kappa shape index (κ1) is 45.2. The minimum Gasteiger partial charge on any atom is -0.463 e. The third-order valence-electron chi connectivity index (χ3n) is 15.5. The molecule has 0 saturated carbocycles. The van der Waals surface area contributed by atoms with Crippen LogP contribution >= 0.6 is 0 Å². The summed E-state index contributed by atoms with van der Waals surface area (Å²) in [5.41, 5.74) is 11.2. The highest BCUT2D eigenvalue weighted by Crippen LogP contribution is 2.55. The van der Waals surface area contributed by atoms with Crippen molar-refractivity contribution < 1.29 is 19.1 Å². The lowest BCUT2D eigenvalue weighted by atomic mass is 9.72. The Morgan fingerprint density at radius 3 is 1.50 bits per heavy atom. The van der Waals surface area contributed by atoms with E-state index in [0.29, 0.717) is 25.4 Å². The van der Waals surface area contributed by atoms with Crippen LogP contribution in [0, 0.1) is 11.8 Å². The van der Waals surface area contributed by atoms with Gasteiger partial charge in [0.05, 0.1) is 12.0 Å². The molecular weight excluding hydrogens is 857 g/mol. The standard InChI is InChI=1S/C66H60O4/c1-9-59(67)69-30-28-40(5)27-29-66(38-70-60(68)10-2)57-36-44(51-21-15-42-11-13-46-32-41(31-39(3)4)33-47-19-25-55(51)63(42)61(46)47)17-23-53(57)54-24-18-45(37-58(54)66)52-22-16-43-12-14-48-34-50(65(6,7)8)35-49-20-26-56(52)64(43)62(48)49/h9-26,32-37,39-40H,1-2,27-31,38H2,3-8H3. The van der Waals surface area contributed by atoms with E-state index in [4.69, 9.17) is 9.47 Å². The minimum absolute atomic E-state index is 0.0284. The highest BCUT2D eigenvalue weighted by atomic mass is 16.5. The molecule has 1 aliphatic rings. The van der Waals surface area contributed by atoms with Crippen LogP contribution in [0.15, 0.2) is 159 Å². The Bertz CT molecular complexity index is 3690. The SMILES string of the molecule is C=CC(=O)OCCC(C)CCC1(COC(=O)C=C)c2cc(-c3ccc4ccc5cc(CC(C)C)cc6ccc3c4c56)ccc2-c2ccc(-c3ccc4ccc5cc(C(C)(C)C)cc6ccc3c4c56)cc21. The van der Waals surface area contributed by atoms with E-state index in [1.54, 1.807) is 0 Å². The van der Waals surface area contributed by atoms with Gasteiger partial charge in [0.2, 0.25) is 0 Å². The van der Waals surface area contributed by atoms with Gasteiger partial charge in [-0.3, -0.25) is 0 Å². The van der Waals surface area contributed by atoms with E-state index in [1.165, 1.54) is 99.0 Å². The Labute approximate surface area is 411 Å². The van der Waals surface area contributed by atoms with Gasteiger partial charge in [-0.1, -0.05) is 176 Å². The van der Waals surface area contributed by atoms with E-state index in [1.807, 2.05) is 0 Å². The number of benzene rings is 10. The molecule has 10 aromatic rings. The van der Waals surface area contributed by atoms with Crippen LogP contribution in [-0.2, 0) is 36.3 Å². The predicted molar refractivity (Wildman–Crippen MR) is 294 cm³/mol. The molecule has 0 amide bonds. The number of hydrogen-bond donors (Lipinski definition) is 0. The Morgan fingerprint density at radius 2 is 1.00 bits per heavy atom. The average molecular weight is 917 g/mol. The molecule has 0 N–H and O–H groups in total. The Balaban J connectivity index is 1.08. The summed E-state index contributed by atoms with van der Waals surface area (Å²) in [4.78, 5) is 25.3. The molecule has 0 aliphatic heterocycles. The molecule has 0 heterocycles. The van der Waals surface area contributed by atoms with Crippen LogP contribution in [-0.4, -0.2) is 25.2 Å². The van der Waals surface area contributed by atoms with Crippen molar-refractivity contribution in [1.82, 2.24) is 0 Å². The van der Waals surface area contributed by atoms with Crippen molar-refractivity contribution in [3.8, 4) is 33.4 Å². The van der Waals surface area contributed by atoms with E-state index >= 15 is 0 Å². The monoisotopic (exact) mass is 916 g/mol. The van der Waals surface area contributed by atoms with Crippen LogP contribution in [0.2, 0.25) is 0 Å². The van der Waals surface area contributed by atoms with Crippen LogP contribution in [0.3, 0.4) is 0 Å². The van der Waals surface area contributed by atoms with Gasteiger partial charge < -0.3 is 9.47 Å².